The maximum absolute atomic E-state index is 12.1. The molecule has 0 radical (unpaired) electrons. The summed E-state index contributed by atoms with van der Waals surface area (Å²) in [6.45, 7) is 0. The van der Waals surface area contributed by atoms with Crippen LogP contribution in [0.3, 0.4) is 0 Å². The van der Waals surface area contributed by atoms with Crippen LogP contribution in [0.1, 0.15) is 15.9 Å². The number of carbonyl (C=O) groups excluding carboxylic acids is 2. The summed E-state index contributed by atoms with van der Waals surface area (Å²) in [6.07, 6.45) is 1.84. The number of nitrogens with zero attached hydrogens (tertiary/aromatic N) is 1. The Hall–Kier alpha value is -2.44. The Morgan fingerprint density at radius 1 is 1.26 bits per heavy atom. The molecule has 1 heterocycles. The third-order valence-corrected chi connectivity index (χ3v) is 3.07. The van der Waals surface area contributed by atoms with Gasteiger partial charge in [-0.3, -0.25) is 4.79 Å². The van der Waals surface area contributed by atoms with Gasteiger partial charge in [0.25, 0.3) is 0 Å². The smallest absolute Gasteiger partial charge is 0.338 e. The number of esters is 1. The van der Waals surface area contributed by atoms with Gasteiger partial charge in [0.15, 0.2) is 0 Å². The Morgan fingerprint density at radius 3 is 2.61 bits per heavy atom. The van der Waals surface area contributed by atoms with E-state index in [-0.39, 0.29) is 24.1 Å². The number of aromatic nitrogens is 1. The molecule has 2 aromatic rings. The molecule has 0 saturated carbocycles. The van der Waals surface area contributed by atoms with Crippen LogP contribution in [0.2, 0.25) is 0 Å². The van der Waals surface area contributed by atoms with Crippen molar-refractivity contribution in [2.24, 2.45) is 5.73 Å². The first-order valence-electron chi connectivity index (χ1n) is 6.75. The summed E-state index contributed by atoms with van der Waals surface area (Å²) in [5, 5.41) is 2.60. The normalized spacial score (nSPS) is 11.0. The average molecular weight is 336 g/mol. The standard InChI is InChI=1S/C16H17N3O3.ClH/c1-22-16(21)12-7-8-18-14(10-12)19-15(20)13(17)9-11-5-3-2-4-6-11;/h2-8,10,13H,9,17H2,1H3,(H,18,19,20);1H. The lowest BCUT2D eigenvalue weighted by molar-refractivity contribution is -0.117. The molecule has 7 heteroatoms. The van der Waals surface area contributed by atoms with Gasteiger partial charge in [-0.1, -0.05) is 30.3 Å². The average Bonchev–Trinajstić information content (AvgIpc) is 2.55. The lowest BCUT2D eigenvalue weighted by atomic mass is 10.1. The van der Waals surface area contributed by atoms with Crippen LogP contribution in [-0.2, 0) is 16.0 Å². The molecule has 2 rings (SSSR count). The zero-order valence-electron chi connectivity index (χ0n) is 12.6. The number of carbonyl (C=O) groups is 2. The lowest BCUT2D eigenvalue weighted by Crippen LogP contribution is -2.37. The molecule has 6 nitrogen and oxygen atoms in total. The number of amides is 1. The summed E-state index contributed by atoms with van der Waals surface area (Å²) < 4.78 is 4.62. The molecular formula is C16H18ClN3O3. The van der Waals surface area contributed by atoms with Gasteiger partial charge >= 0.3 is 5.97 Å². The largest absolute Gasteiger partial charge is 0.465 e. The van der Waals surface area contributed by atoms with Crippen molar-refractivity contribution in [2.75, 3.05) is 12.4 Å². The molecule has 0 aliphatic carbocycles. The van der Waals surface area contributed by atoms with Gasteiger partial charge in [0, 0.05) is 6.20 Å². The first kappa shape index (κ1) is 18.6. The second-order valence-corrected chi connectivity index (χ2v) is 4.71. The van der Waals surface area contributed by atoms with Gasteiger partial charge < -0.3 is 15.8 Å². The minimum Gasteiger partial charge on any atom is -0.465 e. The van der Waals surface area contributed by atoms with E-state index < -0.39 is 12.0 Å². The van der Waals surface area contributed by atoms with E-state index in [1.807, 2.05) is 30.3 Å². The Bertz CT molecular complexity index is 665. The summed E-state index contributed by atoms with van der Waals surface area (Å²) in [6, 6.07) is 11.7. The Balaban J connectivity index is 0.00000264. The first-order valence-corrected chi connectivity index (χ1v) is 6.75. The van der Waals surface area contributed by atoms with Crippen molar-refractivity contribution in [1.82, 2.24) is 4.98 Å². The number of hydrogen-bond donors (Lipinski definition) is 2. The van der Waals surface area contributed by atoms with E-state index in [0.29, 0.717) is 12.0 Å². The number of ether oxygens (including phenoxy) is 1. The first-order chi connectivity index (χ1) is 10.6. The number of rotatable bonds is 5. The van der Waals surface area contributed by atoms with Crippen molar-refractivity contribution < 1.29 is 14.3 Å². The number of pyridine rings is 1. The number of anilines is 1. The van der Waals surface area contributed by atoms with Crippen molar-refractivity contribution in [3.05, 3.63) is 59.8 Å². The SMILES string of the molecule is COC(=O)c1ccnc(NC(=O)C(N)Cc2ccccc2)c1.Cl. The number of methoxy groups -OCH3 is 1. The molecule has 1 atom stereocenters. The van der Waals surface area contributed by atoms with Crippen molar-refractivity contribution >= 4 is 30.1 Å². The summed E-state index contributed by atoms with van der Waals surface area (Å²) in [4.78, 5) is 27.5. The minimum atomic E-state index is -0.703. The highest BCUT2D eigenvalue weighted by atomic mass is 35.5. The van der Waals surface area contributed by atoms with E-state index in [2.05, 4.69) is 15.0 Å². The van der Waals surface area contributed by atoms with E-state index in [9.17, 15) is 9.59 Å². The molecule has 1 unspecified atom stereocenters. The summed E-state index contributed by atoms with van der Waals surface area (Å²) in [5.74, 6) is -0.596. The van der Waals surface area contributed by atoms with Crippen LogP contribution in [0.15, 0.2) is 48.7 Å². The molecule has 0 saturated heterocycles. The van der Waals surface area contributed by atoms with E-state index >= 15 is 0 Å². The molecule has 1 aromatic heterocycles. The van der Waals surface area contributed by atoms with Gasteiger partial charge in [0.2, 0.25) is 5.91 Å². The highest BCUT2D eigenvalue weighted by Gasteiger charge is 2.15. The van der Waals surface area contributed by atoms with Crippen LogP contribution in [0, 0.1) is 0 Å². The molecule has 0 aliphatic heterocycles. The van der Waals surface area contributed by atoms with E-state index in [4.69, 9.17) is 5.73 Å². The molecule has 1 aromatic carbocycles. The molecule has 0 spiro atoms. The minimum absolute atomic E-state index is 0. The van der Waals surface area contributed by atoms with Crippen molar-refractivity contribution in [3.63, 3.8) is 0 Å². The molecule has 0 aliphatic rings. The quantitative estimate of drug-likeness (QED) is 0.812. The van der Waals surface area contributed by atoms with Gasteiger partial charge in [-0.15, -0.1) is 12.4 Å². The second kappa shape index (κ2) is 8.87. The lowest BCUT2D eigenvalue weighted by Gasteiger charge is -2.12. The molecule has 122 valence electrons. The Kier molecular flexibility index (Phi) is 7.18. The van der Waals surface area contributed by atoms with E-state index in [1.54, 1.807) is 0 Å². The maximum Gasteiger partial charge on any atom is 0.338 e. The summed E-state index contributed by atoms with van der Waals surface area (Å²) >= 11 is 0. The predicted octanol–water partition coefficient (Wildman–Crippen LogP) is 1.80. The fourth-order valence-electron chi connectivity index (χ4n) is 1.92. The van der Waals surface area contributed by atoms with Crippen molar-refractivity contribution in [1.29, 1.82) is 0 Å². The van der Waals surface area contributed by atoms with Crippen LogP contribution >= 0.6 is 12.4 Å². The molecule has 3 N–H and O–H groups in total. The number of hydrogen-bond acceptors (Lipinski definition) is 5. The second-order valence-electron chi connectivity index (χ2n) is 4.71. The zero-order valence-corrected chi connectivity index (χ0v) is 13.4. The van der Waals surface area contributed by atoms with Crippen molar-refractivity contribution in [2.45, 2.75) is 12.5 Å². The third kappa shape index (κ3) is 5.36. The van der Waals surface area contributed by atoms with Gasteiger partial charge in [-0.05, 0) is 24.1 Å². The molecular weight excluding hydrogens is 318 g/mol. The number of halogens is 1. The Labute approximate surface area is 140 Å². The van der Waals surface area contributed by atoms with Crippen LogP contribution in [0.5, 0.6) is 0 Å². The fourth-order valence-corrected chi connectivity index (χ4v) is 1.92. The van der Waals surface area contributed by atoms with Gasteiger partial charge in [-0.25, -0.2) is 9.78 Å². The highest BCUT2D eigenvalue weighted by molar-refractivity contribution is 5.96. The summed E-state index contributed by atoms with van der Waals surface area (Å²) in [7, 11) is 1.29. The van der Waals surface area contributed by atoms with Gasteiger partial charge in [0.05, 0.1) is 18.7 Å². The number of nitrogens with two attached hydrogens (primary N) is 1. The van der Waals surface area contributed by atoms with Gasteiger partial charge in [0.1, 0.15) is 5.82 Å². The van der Waals surface area contributed by atoms with E-state index in [1.165, 1.54) is 25.4 Å². The highest BCUT2D eigenvalue weighted by Crippen LogP contribution is 2.09. The maximum atomic E-state index is 12.1. The zero-order chi connectivity index (χ0) is 15.9. The van der Waals surface area contributed by atoms with Crippen LogP contribution in [-0.4, -0.2) is 30.0 Å². The molecule has 23 heavy (non-hydrogen) atoms. The number of benzene rings is 1. The molecule has 1 amide bonds. The molecule has 0 fully saturated rings. The summed E-state index contributed by atoms with van der Waals surface area (Å²) in [5.41, 5.74) is 7.17. The monoisotopic (exact) mass is 335 g/mol. The van der Waals surface area contributed by atoms with E-state index in [0.717, 1.165) is 5.56 Å². The predicted molar refractivity (Wildman–Crippen MR) is 89.6 cm³/mol. The van der Waals surface area contributed by atoms with Gasteiger partial charge in [-0.2, -0.15) is 0 Å². The Morgan fingerprint density at radius 2 is 1.96 bits per heavy atom. The molecule has 0 bridgehead atoms. The topological polar surface area (TPSA) is 94.3 Å². The van der Waals surface area contributed by atoms with Crippen LogP contribution in [0.25, 0.3) is 0 Å². The van der Waals surface area contributed by atoms with Crippen LogP contribution < -0.4 is 11.1 Å². The fraction of sp³-hybridized carbons (Fsp3) is 0.188. The third-order valence-electron chi connectivity index (χ3n) is 3.07. The number of nitrogens with one attached hydrogen (secondary N) is 1. The van der Waals surface area contributed by atoms with Crippen molar-refractivity contribution in [3.8, 4) is 0 Å². The van der Waals surface area contributed by atoms with Crippen LogP contribution in [0.4, 0.5) is 5.82 Å².